The second-order valence-corrected chi connectivity index (χ2v) is 6.99. The molecule has 7 heteroatoms. The molecule has 1 fully saturated rings. The van der Waals surface area contributed by atoms with Gasteiger partial charge in [0.05, 0.1) is 17.3 Å². The molecule has 0 atom stereocenters. The van der Waals surface area contributed by atoms with Gasteiger partial charge >= 0.3 is 6.09 Å². The number of nitriles is 1. The van der Waals surface area contributed by atoms with Gasteiger partial charge in [0.15, 0.2) is 5.78 Å². The van der Waals surface area contributed by atoms with Crippen LogP contribution in [0.4, 0.5) is 10.5 Å². The summed E-state index contributed by atoms with van der Waals surface area (Å²) < 4.78 is 5.18. The average Bonchev–Trinajstić information content (AvgIpc) is 2.69. The van der Waals surface area contributed by atoms with Crippen LogP contribution in [0.3, 0.4) is 0 Å². The number of nitrogens with zero attached hydrogens (tertiary/aromatic N) is 1. The minimum absolute atomic E-state index is 0.123. The summed E-state index contributed by atoms with van der Waals surface area (Å²) >= 11 is 0. The van der Waals surface area contributed by atoms with Crippen LogP contribution in [-0.2, 0) is 16.1 Å². The minimum Gasteiger partial charge on any atom is -0.445 e. The number of alkyl carbamates (subject to hydrolysis) is 1. The smallest absolute Gasteiger partial charge is 0.407 e. The Morgan fingerprint density at radius 2 is 1.86 bits per heavy atom. The van der Waals surface area contributed by atoms with Crippen LogP contribution in [0.2, 0.25) is 0 Å². The molecule has 1 aliphatic carbocycles. The zero-order chi connectivity index (χ0) is 20.8. The van der Waals surface area contributed by atoms with Gasteiger partial charge in [0.2, 0.25) is 5.91 Å². The molecule has 0 bridgehead atoms. The lowest BCUT2D eigenvalue weighted by atomic mass is 9.79. The fourth-order valence-corrected chi connectivity index (χ4v) is 3.13. The lowest BCUT2D eigenvalue weighted by Gasteiger charge is -2.34. The molecule has 0 saturated heterocycles. The highest BCUT2D eigenvalue weighted by Crippen LogP contribution is 2.29. The Balaban J connectivity index is 1.46. The second-order valence-electron chi connectivity index (χ2n) is 6.99. The highest BCUT2D eigenvalue weighted by molar-refractivity contribution is 6.04. The van der Waals surface area contributed by atoms with Crippen molar-refractivity contribution in [3.63, 3.8) is 0 Å². The van der Waals surface area contributed by atoms with Crippen LogP contribution >= 0.6 is 0 Å². The van der Waals surface area contributed by atoms with Gasteiger partial charge in [-0.2, -0.15) is 5.26 Å². The van der Waals surface area contributed by atoms with Crippen molar-refractivity contribution in [2.24, 2.45) is 5.92 Å². The number of benzene rings is 2. The minimum atomic E-state index is -0.510. The Labute approximate surface area is 168 Å². The van der Waals surface area contributed by atoms with E-state index in [1.165, 1.54) is 13.0 Å². The third kappa shape index (κ3) is 5.20. The number of carbonyl (C=O) groups excluding carboxylic acids is 3. The molecule has 29 heavy (non-hydrogen) atoms. The third-order valence-electron chi connectivity index (χ3n) is 4.83. The van der Waals surface area contributed by atoms with E-state index in [0.717, 1.165) is 5.56 Å². The normalized spacial score (nSPS) is 17.4. The maximum atomic E-state index is 12.4. The number of hydrogen-bond donors (Lipinski definition) is 2. The molecule has 0 heterocycles. The molecule has 7 nitrogen and oxygen atoms in total. The van der Waals surface area contributed by atoms with Gasteiger partial charge < -0.3 is 15.4 Å². The van der Waals surface area contributed by atoms with Crippen LogP contribution in [0, 0.1) is 17.2 Å². The number of carbonyl (C=O) groups is 3. The number of amides is 2. The Morgan fingerprint density at radius 3 is 2.52 bits per heavy atom. The summed E-state index contributed by atoms with van der Waals surface area (Å²) in [6, 6.07) is 15.8. The molecule has 1 saturated carbocycles. The zero-order valence-electron chi connectivity index (χ0n) is 16.0. The van der Waals surface area contributed by atoms with Crippen molar-refractivity contribution in [2.45, 2.75) is 32.4 Å². The fraction of sp³-hybridized carbons (Fsp3) is 0.273. The highest BCUT2D eigenvalue weighted by Gasteiger charge is 2.36. The maximum Gasteiger partial charge on any atom is 0.407 e. The van der Waals surface area contributed by atoms with Crippen LogP contribution in [-0.4, -0.2) is 23.8 Å². The molecule has 0 aliphatic heterocycles. The maximum absolute atomic E-state index is 12.4. The lowest BCUT2D eigenvalue weighted by Crippen LogP contribution is -2.48. The summed E-state index contributed by atoms with van der Waals surface area (Å²) in [6.45, 7) is 1.58. The number of Topliss-reactive ketones (excluding diaryl/α,β-unsaturated/α-hetero) is 1. The zero-order valence-corrected chi connectivity index (χ0v) is 16.0. The van der Waals surface area contributed by atoms with Crippen LogP contribution in [0.1, 0.15) is 41.3 Å². The van der Waals surface area contributed by atoms with E-state index in [4.69, 9.17) is 10.00 Å². The summed E-state index contributed by atoms with van der Waals surface area (Å²) in [6.07, 6.45) is 0.485. The Bertz CT molecular complexity index is 960. The average molecular weight is 391 g/mol. The van der Waals surface area contributed by atoms with Gasteiger partial charge in [0.25, 0.3) is 0 Å². The van der Waals surface area contributed by atoms with Crippen molar-refractivity contribution in [1.29, 1.82) is 5.26 Å². The Hall–Kier alpha value is -3.66. The summed E-state index contributed by atoms with van der Waals surface area (Å²) in [4.78, 5) is 36.1. The molecule has 0 unspecified atom stereocenters. The van der Waals surface area contributed by atoms with Crippen LogP contribution < -0.4 is 10.6 Å². The number of nitrogens with one attached hydrogen (secondary N) is 2. The molecule has 2 aromatic rings. The van der Waals surface area contributed by atoms with E-state index < -0.39 is 6.09 Å². The molecule has 0 spiro atoms. The third-order valence-corrected chi connectivity index (χ3v) is 4.83. The quantitative estimate of drug-likeness (QED) is 0.734. The van der Waals surface area contributed by atoms with Gasteiger partial charge in [0, 0.05) is 17.5 Å². The first-order chi connectivity index (χ1) is 14.0. The largest absolute Gasteiger partial charge is 0.445 e. The Kier molecular flexibility index (Phi) is 6.25. The van der Waals surface area contributed by atoms with Crippen molar-refractivity contribution < 1.29 is 19.1 Å². The second kappa shape index (κ2) is 9.02. The van der Waals surface area contributed by atoms with E-state index in [0.29, 0.717) is 29.7 Å². The van der Waals surface area contributed by atoms with Crippen molar-refractivity contribution in [1.82, 2.24) is 5.32 Å². The van der Waals surface area contributed by atoms with Crippen molar-refractivity contribution in [3.8, 4) is 6.07 Å². The van der Waals surface area contributed by atoms with Crippen molar-refractivity contribution in [2.75, 3.05) is 5.32 Å². The predicted molar refractivity (Wildman–Crippen MR) is 106 cm³/mol. The van der Waals surface area contributed by atoms with E-state index in [1.807, 2.05) is 36.4 Å². The first-order valence-electron chi connectivity index (χ1n) is 9.29. The Morgan fingerprint density at radius 1 is 1.14 bits per heavy atom. The van der Waals surface area contributed by atoms with Crippen molar-refractivity contribution in [3.05, 3.63) is 65.2 Å². The fourth-order valence-electron chi connectivity index (χ4n) is 3.13. The number of ketones is 1. The van der Waals surface area contributed by atoms with E-state index in [1.54, 1.807) is 12.1 Å². The molecule has 0 aromatic heterocycles. The van der Waals surface area contributed by atoms with Gasteiger partial charge in [-0.1, -0.05) is 30.3 Å². The van der Waals surface area contributed by atoms with E-state index >= 15 is 0 Å². The molecular weight excluding hydrogens is 370 g/mol. The standard InChI is InChI=1S/C22H21N3O4/c1-14(26)19-9-16(12-23)7-8-20(19)25-21(27)17-10-18(11-17)24-22(28)29-13-15-5-3-2-4-6-15/h2-9,17-18H,10-11,13H2,1H3,(H,24,28)(H,25,27). The monoisotopic (exact) mass is 391 g/mol. The number of rotatable bonds is 6. The molecule has 2 aromatic carbocycles. The molecule has 3 rings (SSSR count). The SMILES string of the molecule is CC(=O)c1cc(C#N)ccc1NC(=O)C1CC(NC(=O)OCc2ccccc2)C1. The molecule has 0 radical (unpaired) electrons. The molecular formula is C22H21N3O4. The summed E-state index contributed by atoms with van der Waals surface area (Å²) in [5, 5.41) is 14.5. The van der Waals surface area contributed by atoms with Crippen LogP contribution in [0.15, 0.2) is 48.5 Å². The predicted octanol–water partition coefficient (Wildman–Crippen LogP) is 3.40. The number of hydrogen-bond acceptors (Lipinski definition) is 5. The van der Waals surface area contributed by atoms with Gasteiger partial charge in [0.1, 0.15) is 6.61 Å². The number of ether oxygens (including phenoxy) is 1. The molecule has 148 valence electrons. The summed E-state index contributed by atoms with van der Waals surface area (Å²) in [5.74, 6) is -0.704. The van der Waals surface area contributed by atoms with Gasteiger partial charge in [-0.25, -0.2) is 4.79 Å². The van der Waals surface area contributed by atoms with Gasteiger partial charge in [-0.15, -0.1) is 0 Å². The van der Waals surface area contributed by atoms with E-state index in [-0.39, 0.29) is 30.3 Å². The highest BCUT2D eigenvalue weighted by atomic mass is 16.5. The first kappa shape index (κ1) is 20.1. The molecule has 2 N–H and O–H groups in total. The topological polar surface area (TPSA) is 108 Å². The summed E-state index contributed by atoms with van der Waals surface area (Å²) in [7, 11) is 0. The first-order valence-corrected chi connectivity index (χ1v) is 9.29. The lowest BCUT2D eigenvalue weighted by molar-refractivity contribution is -0.122. The number of anilines is 1. The van der Waals surface area contributed by atoms with Crippen LogP contribution in [0.25, 0.3) is 0 Å². The molecule has 2 amide bonds. The van der Waals surface area contributed by atoms with Crippen LogP contribution in [0.5, 0.6) is 0 Å². The van der Waals surface area contributed by atoms with Crippen molar-refractivity contribution >= 4 is 23.5 Å². The molecule has 1 aliphatic rings. The van der Waals surface area contributed by atoms with Gasteiger partial charge in [-0.05, 0) is 43.5 Å². The summed E-state index contributed by atoms with van der Waals surface area (Å²) in [5.41, 5.74) is 1.95. The van der Waals surface area contributed by atoms with E-state index in [9.17, 15) is 14.4 Å². The van der Waals surface area contributed by atoms with E-state index in [2.05, 4.69) is 10.6 Å². The van der Waals surface area contributed by atoms with Gasteiger partial charge in [-0.3, -0.25) is 9.59 Å².